The van der Waals surface area contributed by atoms with Gasteiger partial charge in [-0.05, 0) is 36.4 Å². The van der Waals surface area contributed by atoms with Crippen molar-refractivity contribution >= 4 is 34.1 Å². The summed E-state index contributed by atoms with van der Waals surface area (Å²) in [6.45, 7) is 0. The summed E-state index contributed by atoms with van der Waals surface area (Å²) < 4.78 is 16.7. The van der Waals surface area contributed by atoms with Gasteiger partial charge >= 0.3 is 5.63 Å². The Bertz CT molecular complexity index is 1150. The number of para-hydroxylation sites is 1. The Morgan fingerprint density at radius 2 is 1.89 bits per heavy atom. The molecule has 0 aliphatic heterocycles. The van der Waals surface area contributed by atoms with E-state index in [0.717, 1.165) is 26.7 Å². The van der Waals surface area contributed by atoms with E-state index in [2.05, 4.69) is 4.98 Å². The van der Waals surface area contributed by atoms with E-state index in [-0.39, 0.29) is 0 Å². The third-order valence-electron chi connectivity index (χ3n) is 3.98. The Balaban J connectivity index is 1.63. The molecule has 0 fully saturated rings. The van der Waals surface area contributed by atoms with Crippen molar-refractivity contribution in [1.29, 1.82) is 0 Å². The average molecular weight is 397 g/mol. The fraction of sp³-hybridized carbons (Fsp3) is 0.100. The van der Waals surface area contributed by atoms with Gasteiger partial charge in [0.05, 0.1) is 19.9 Å². The van der Waals surface area contributed by atoms with Crippen molar-refractivity contribution in [3.05, 3.63) is 64.3 Å². The first-order chi connectivity index (χ1) is 13.2. The van der Waals surface area contributed by atoms with Crippen molar-refractivity contribution in [2.75, 3.05) is 14.2 Å². The van der Waals surface area contributed by atoms with Crippen molar-refractivity contribution in [3.63, 3.8) is 0 Å². The van der Waals surface area contributed by atoms with Gasteiger partial charge in [0, 0.05) is 16.3 Å². The van der Waals surface area contributed by atoms with Gasteiger partial charge in [0.2, 0.25) is 0 Å². The molecule has 0 aliphatic rings. The zero-order chi connectivity index (χ0) is 18.8. The minimum atomic E-state index is -0.404. The second-order valence-electron chi connectivity index (χ2n) is 5.61. The summed E-state index contributed by atoms with van der Waals surface area (Å²) in [7, 11) is 3.19. The summed E-state index contributed by atoms with van der Waals surface area (Å²) >= 11 is 2.79. The van der Waals surface area contributed by atoms with E-state index in [1.807, 2.05) is 47.8 Å². The van der Waals surface area contributed by atoms with Gasteiger partial charge in [-0.1, -0.05) is 23.9 Å². The van der Waals surface area contributed by atoms with Crippen LogP contribution in [0, 0.1) is 0 Å². The Morgan fingerprint density at radius 1 is 1.07 bits per heavy atom. The molecule has 2 heterocycles. The second-order valence-corrected chi connectivity index (χ2v) is 7.75. The Morgan fingerprint density at radius 3 is 2.63 bits per heavy atom. The number of benzene rings is 2. The molecule has 2 aromatic carbocycles. The summed E-state index contributed by atoms with van der Waals surface area (Å²) in [6, 6.07) is 15.0. The van der Waals surface area contributed by atoms with Crippen LogP contribution in [0.4, 0.5) is 0 Å². The molecule has 0 atom stereocenters. The van der Waals surface area contributed by atoms with Gasteiger partial charge in [0.15, 0.2) is 15.7 Å². The smallest absolute Gasteiger partial charge is 0.350 e. The van der Waals surface area contributed by atoms with E-state index in [4.69, 9.17) is 13.9 Å². The number of hydrogen-bond acceptors (Lipinski definition) is 7. The molecule has 0 saturated carbocycles. The van der Waals surface area contributed by atoms with Crippen molar-refractivity contribution in [2.24, 2.45) is 0 Å². The quantitative estimate of drug-likeness (QED) is 0.438. The maximum absolute atomic E-state index is 12.4. The van der Waals surface area contributed by atoms with Crippen LogP contribution in [0.2, 0.25) is 0 Å². The highest BCUT2D eigenvalue weighted by atomic mass is 32.2. The van der Waals surface area contributed by atoms with E-state index in [0.29, 0.717) is 16.2 Å². The molecular weight excluding hydrogens is 382 g/mol. The monoisotopic (exact) mass is 397 g/mol. The average Bonchev–Trinajstić information content (AvgIpc) is 3.17. The van der Waals surface area contributed by atoms with Crippen molar-refractivity contribution in [3.8, 4) is 22.8 Å². The van der Waals surface area contributed by atoms with Gasteiger partial charge in [-0.15, -0.1) is 11.3 Å². The van der Waals surface area contributed by atoms with Crippen LogP contribution in [-0.4, -0.2) is 19.2 Å². The molecule has 0 saturated heterocycles. The molecule has 0 amide bonds. The van der Waals surface area contributed by atoms with Gasteiger partial charge in [0.25, 0.3) is 0 Å². The lowest BCUT2D eigenvalue weighted by Gasteiger charge is -2.04. The molecule has 0 radical (unpaired) electrons. The van der Waals surface area contributed by atoms with Crippen LogP contribution in [0.3, 0.4) is 0 Å². The highest BCUT2D eigenvalue weighted by Crippen LogP contribution is 2.34. The predicted octanol–water partition coefficient (Wildman–Crippen LogP) is 5.08. The molecule has 0 unspecified atom stereocenters. The maximum Gasteiger partial charge on any atom is 0.350 e. The SMILES string of the molecule is COc1ccc(-c2csc(Sc3cc4cccc(OC)c4oc3=O)n2)cc1. The molecule has 0 bridgehead atoms. The van der Waals surface area contributed by atoms with Crippen LogP contribution in [-0.2, 0) is 0 Å². The number of rotatable bonds is 5. The van der Waals surface area contributed by atoms with Crippen molar-refractivity contribution in [2.45, 2.75) is 9.24 Å². The lowest BCUT2D eigenvalue weighted by molar-refractivity contribution is 0.405. The van der Waals surface area contributed by atoms with E-state index in [1.165, 1.54) is 23.1 Å². The van der Waals surface area contributed by atoms with Crippen LogP contribution in [0.1, 0.15) is 0 Å². The molecule has 0 N–H and O–H groups in total. The third-order valence-corrected chi connectivity index (χ3v) is 5.92. The molecular formula is C20H15NO4S2. The van der Waals surface area contributed by atoms with Gasteiger partial charge in [0.1, 0.15) is 10.6 Å². The molecule has 0 spiro atoms. The Labute approximate surface area is 163 Å². The number of aromatic nitrogens is 1. The normalized spacial score (nSPS) is 10.9. The fourth-order valence-electron chi connectivity index (χ4n) is 2.62. The first-order valence-corrected chi connectivity index (χ1v) is 9.76. The second kappa shape index (κ2) is 7.46. The number of nitrogens with zero attached hydrogens (tertiary/aromatic N) is 1. The van der Waals surface area contributed by atoms with E-state index < -0.39 is 5.63 Å². The minimum Gasteiger partial charge on any atom is -0.497 e. The maximum atomic E-state index is 12.4. The third kappa shape index (κ3) is 3.56. The zero-order valence-electron chi connectivity index (χ0n) is 14.6. The van der Waals surface area contributed by atoms with Gasteiger partial charge < -0.3 is 13.9 Å². The Kier molecular flexibility index (Phi) is 4.87. The topological polar surface area (TPSA) is 61.6 Å². The molecule has 5 nitrogen and oxygen atoms in total. The summed E-state index contributed by atoms with van der Waals surface area (Å²) in [5, 5.41) is 2.78. The van der Waals surface area contributed by atoms with E-state index >= 15 is 0 Å². The highest BCUT2D eigenvalue weighted by Gasteiger charge is 2.13. The summed E-state index contributed by atoms with van der Waals surface area (Å²) in [5.74, 6) is 1.34. The minimum absolute atomic E-state index is 0.404. The molecule has 4 aromatic rings. The van der Waals surface area contributed by atoms with Crippen molar-refractivity contribution in [1.82, 2.24) is 4.98 Å². The first-order valence-electron chi connectivity index (χ1n) is 8.06. The first kappa shape index (κ1) is 17.6. The van der Waals surface area contributed by atoms with Crippen LogP contribution in [0.5, 0.6) is 11.5 Å². The van der Waals surface area contributed by atoms with E-state index in [9.17, 15) is 4.79 Å². The lowest BCUT2D eigenvalue weighted by Crippen LogP contribution is -2.02. The van der Waals surface area contributed by atoms with Crippen LogP contribution in [0.15, 0.2) is 72.4 Å². The number of hydrogen-bond donors (Lipinski definition) is 0. The zero-order valence-corrected chi connectivity index (χ0v) is 16.2. The van der Waals surface area contributed by atoms with Gasteiger partial charge in [-0.3, -0.25) is 0 Å². The van der Waals surface area contributed by atoms with Crippen molar-refractivity contribution < 1.29 is 13.9 Å². The predicted molar refractivity (Wildman–Crippen MR) is 107 cm³/mol. The Hall–Kier alpha value is -2.77. The number of ether oxygens (including phenoxy) is 2. The van der Waals surface area contributed by atoms with Crippen LogP contribution >= 0.6 is 23.1 Å². The lowest BCUT2D eigenvalue weighted by atomic mass is 10.2. The summed E-state index contributed by atoms with van der Waals surface area (Å²) in [5.41, 5.74) is 1.90. The number of methoxy groups -OCH3 is 2. The standard InChI is InChI=1S/C20H15NO4S2/c1-23-14-8-6-12(7-9-14)15-11-26-20(21-15)27-17-10-13-4-3-5-16(24-2)18(13)25-19(17)22/h3-11H,1-2H3. The molecule has 7 heteroatoms. The van der Waals surface area contributed by atoms with Crippen LogP contribution < -0.4 is 15.1 Å². The molecule has 4 rings (SSSR count). The number of fused-ring (bicyclic) bond motifs is 1. The number of thiazole rings is 1. The highest BCUT2D eigenvalue weighted by molar-refractivity contribution is 8.01. The summed E-state index contributed by atoms with van der Waals surface area (Å²) in [6.07, 6.45) is 0. The molecule has 0 aliphatic carbocycles. The molecule has 2 aromatic heterocycles. The van der Waals surface area contributed by atoms with Gasteiger partial charge in [-0.25, -0.2) is 9.78 Å². The molecule has 27 heavy (non-hydrogen) atoms. The summed E-state index contributed by atoms with van der Waals surface area (Å²) in [4.78, 5) is 17.5. The fourth-order valence-corrected chi connectivity index (χ4v) is 4.42. The molecule has 136 valence electrons. The van der Waals surface area contributed by atoms with E-state index in [1.54, 1.807) is 20.3 Å². The van der Waals surface area contributed by atoms with Gasteiger partial charge in [-0.2, -0.15) is 0 Å². The largest absolute Gasteiger partial charge is 0.497 e. The van der Waals surface area contributed by atoms with Crippen LogP contribution in [0.25, 0.3) is 22.2 Å².